The number of methoxy groups -OCH3 is 1. The zero-order valence-corrected chi connectivity index (χ0v) is 9.21. The Morgan fingerprint density at radius 2 is 2.07 bits per heavy atom. The molecule has 6 nitrogen and oxygen atoms in total. The molecule has 0 aromatic carbocycles. The van der Waals surface area contributed by atoms with Gasteiger partial charge in [0.05, 0.1) is 19.2 Å². The lowest BCUT2D eigenvalue weighted by Crippen LogP contribution is -2.44. The fourth-order valence-corrected chi connectivity index (χ4v) is 0.839. The Kier molecular flexibility index (Phi) is 7.57. The maximum atomic E-state index is 11.2. The van der Waals surface area contributed by atoms with Crippen LogP contribution >= 0.6 is 0 Å². The van der Waals surface area contributed by atoms with E-state index >= 15 is 0 Å². The lowest BCUT2D eigenvalue weighted by molar-refractivity contribution is -0.126. The van der Waals surface area contributed by atoms with Gasteiger partial charge < -0.3 is 21.1 Å². The molecule has 2 amide bonds. The van der Waals surface area contributed by atoms with Gasteiger partial charge in [-0.15, -0.1) is 0 Å². The molecule has 0 fully saturated rings. The highest BCUT2D eigenvalue weighted by atomic mass is 16.5. The standard InChI is InChI=1S/C9H19N3O3/c1-3-7(10)9(14)12-6-8(13)11-4-5-15-2/h7H,3-6,10H2,1-2H3,(H,11,13)(H,12,14). The Labute approximate surface area is 89.5 Å². The quantitative estimate of drug-likeness (QED) is 0.457. The summed E-state index contributed by atoms with van der Waals surface area (Å²) in [5.74, 6) is -0.553. The van der Waals surface area contributed by atoms with Gasteiger partial charge in [-0.25, -0.2) is 0 Å². The largest absolute Gasteiger partial charge is 0.383 e. The molecular weight excluding hydrogens is 198 g/mol. The Balaban J connectivity index is 3.57. The van der Waals surface area contributed by atoms with Gasteiger partial charge in [0.2, 0.25) is 11.8 Å². The monoisotopic (exact) mass is 217 g/mol. The molecule has 88 valence electrons. The smallest absolute Gasteiger partial charge is 0.239 e. The molecule has 0 aliphatic rings. The second-order valence-corrected chi connectivity index (χ2v) is 3.08. The minimum absolute atomic E-state index is 0.0454. The highest BCUT2D eigenvalue weighted by Crippen LogP contribution is 1.84. The third-order valence-corrected chi connectivity index (χ3v) is 1.83. The molecule has 0 aromatic rings. The summed E-state index contributed by atoms with van der Waals surface area (Å²) in [6, 6.07) is -0.545. The van der Waals surface area contributed by atoms with Crippen LogP contribution in [0, 0.1) is 0 Å². The van der Waals surface area contributed by atoms with Crippen molar-refractivity contribution >= 4 is 11.8 Å². The molecule has 0 rings (SSSR count). The summed E-state index contributed by atoms with van der Waals surface area (Å²) in [6.07, 6.45) is 0.553. The van der Waals surface area contributed by atoms with Crippen LogP contribution in [0.1, 0.15) is 13.3 Å². The number of hydrogen-bond acceptors (Lipinski definition) is 4. The van der Waals surface area contributed by atoms with Crippen molar-refractivity contribution in [2.45, 2.75) is 19.4 Å². The van der Waals surface area contributed by atoms with Gasteiger partial charge in [-0.2, -0.15) is 0 Å². The third-order valence-electron chi connectivity index (χ3n) is 1.83. The lowest BCUT2D eigenvalue weighted by atomic mass is 10.2. The molecular formula is C9H19N3O3. The van der Waals surface area contributed by atoms with Crippen LogP contribution in [-0.2, 0) is 14.3 Å². The Morgan fingerprint density at radius 1 is 1.40 bits per heavy atom. The van der Waals surface area contributed by atoms with Crippen LogP contribution in [0.4, 0.5) is 0 Å². The molecule has 0 saturated heterocycles. The highest BCUT2D eigenvalue weighted by molar-refractivity contribution is 5.87. The maximum absolute atomic E-state index is 11.2. The molecule has 15 heavy (non-hydrogen) atoms. The summed E-state index contributed by atoms with van der Waals surface area (Å²) in [7, 11) is 1.55. The predicted molar refractivity (Wildman–Crippen MR) is 56.2 cm³/mol. The number of rotatable bonds is 7. The zero-order valence-electron chi connectivity index (χ0n) is 9.21. The summed E-state index contributed by atoms with van der Waals surface area (Å²) < 4.78 is 4.75. The molecule has 0 radical (unpaired) electrons. The average molecular weight is 217 g/mol. The van der Waals surface area contributed by atoms with Crippen LogP contribution in [0.5, 0.6) is 0 Å². The van der Waals surface area contributed by atoms with Gasteiger partial charge in [0.15, 0.2) is 0 Å². The minimum atomic E-state index is -0.545. The normalized spacial score (nSPS) is 11.9. The van der Waals surface area contributed by atoms with Crippen molar-refractivity contribution in [2.24, 2.45) is 5.73 Å². The average Bonchev–Trinajstić information content (AvgIpc) is 2.25. The second-order valence-electron chi connectivity index (χ2n) is 3.08. The van der Waals surface area contributed by atoms with Crippen molar-refractivity contribution in [3.63, 3.8) is 0 Å². The van der Waals surface area contributed by atoms with Gasteiger partial charge in [0.25, 0.3) is 0 Å². The molecule has 0 aliphatic carbocycles. The molecule has 6 heteroatoms. The van der Waals surface area contributed by atoms with E-state index in [0.29, 0.717) is 19.6 Å². The summed E-state index contributed by atoms with van der Waals surface area (Å²) >= 11 is 0. The molecule has 0 spiro atoms. The lowest BCUT2D eigenvalue weighted by Gasteiger charge is -2.09. The predicted octanol–water partition coefficient (Wildman–Crippen LogP) is -1.40. The third kappa shape index (κ3) is 6.87. The van der Waals surface area contributed by atoms with Gasteiger partial charge in [-0.3, -0.25) is 9.59 Å². The van der Waals surface area contributed by atoms with Crippen molar-refractivity contribution < 1.29 is 14.3 Å². The van der Waals surface area contributed by atoms with E-state index in [2.05, 4.69) is 10.6 Å². The van der Waals surface area contributed by atoms with Gasteiger partial charge in [-0.05, 0) is 6.42 Å². The van der Waals surface area contributed by atoms with E-state index in [1.807, 2.05) is 6.92 Å². The SMILES string of the molecule is CCC(N)C(=O)NCC(=O)NCCOC. The van der Waals surface area contributed by atoms with Gasteiger partial charge >= 0.3 is 0 Å². The van der Waals surface area contributed by atoms with Gasteiger partial charge in [0, 0.05) is 13.7 Å². The van der Waals surface area contributed by atoms with E-state index in [1.165, 1.54) is 0 Å². The Bertz CT molecular complexity index is 209. The number of carbonyl (C=O) groups excluding carboxylic acids is 2. The molecule has 1 unspecified atom stereocenters. The highest BCUT2D eigenvalue weighted by Gasteiger charge is 2.11. The summed E-state index contributed by atoms with van der Waals surface area (Å²) in [6.45, 7) is 2.65. The molecule has 0 bridgehead atoms. The zero-order chi connectivity index (χ0) is 11.7. The van der Waals surface area contributed by atoms with E-state index in [-0.39, 0.29) is 18.4 Å². The molecule has 0 aromatic heterocycles. The maximum Gasteiger partial charge on any atom is 0.239 e. The number of carbonyl (C=O) groups is 2. The minimum Gasteiger partial charge on any atom is -0.383 e. The molecule has 4 N–H and O–H groups in total. The van der Waals surface area contributed by atoms with Gasteiger partial charge in [0.1, 0.15) is 0 Å². The number of nitrogens with two attached hydrogens (primary N) is 1. The first-order chi connectivity index (χ1) is 7.11. The van der Waals surface area contributed by atoms with Crippen molar-refractivity contribution in [1.29, 1.82) is 0 Å². The van der Waals surface area contributed by atoms with Crippen LogP contribution in [-0.4, -0.2) is 44.7 Å². The fraction of sp³-hybridized carbons (Fsp3) is 0.778. The Morgan fingerprint density at radius 3 is 2.60 bits per heavy atom. The summed E-state index contributed by atoms with van der Waals surface area (Å²) in [5.41, 5.74) is 5.46. The van der Waals surface area contributed by atoms with Crippen LogP contribution in [0.15, 0.2) is 0 Å². The second kappa shape index (κ2) is 8.19. The summed E-state index contributed by atoms with van der Waals surface area (Å²) in [4.78, 5) is 22.3. The van der Waals surface area contributed by atoms with Crippen molar-refractivity contribution in [3.8, 4) is 0 Å². The van der Waals surface area contributed by atoms with E-state index in [4.69, 9.17) is 10.5 Å². The van der Waals surface area contributed by atoms with Crippen molar-refractivity contribution in [3.05, 3.63) is 0 Å². The van der Waals surface area contributed by atoms with E-state index in [0.717, 1.165) is 0 Å². The first-order valence-electron chi connectivity index (χ1n) is 4.90. The van der Waals surface area contributed by atoms with Gasteiger partial charge in [-0.1, -0.05) is 6.92 Å². The molecule has 0 heterocycles. The molecule has 1 atom stereocenters. The van der Waals surface area contributed by atoms with Crippen LogP contribution in [0.3, 0.4) is 0 Å². The topological polar surface area (TPSA) is 93.5 Å². The van der Waals surface area contributed by atoms with Crippen LogP contribution in [0.2, 0.25) is 0 Å². The van der Waals surface area contributed by atoms with Crippen molar-refractivity contribution in [2.75, 3.05) is 26.8 Å². The Hall–Kier alpha value is -1.14. The number of amides is 2. The first kappa shape index (κ1) is 13.9. The van der Waals surface area contributed by atoms with Crippen LogP contribution in [0.25, 0.3) is 0 Å². The molecule has 0 saturated carbocycles. The summed E-state index contributed by atoms with van der Waals surface area (Å²) in [5, 5.41) is 5.02. The molecule has 0 aliphatic heterocycles. The first-order valence-corrected chi connectivity index (χ1v) is 4.90. The van der Waals surface area contributed by atoms with E-state index < -0.39 is 6.04 Å². The fourth-order valence-electron chi connectivity index (χ4n) is 0.839. The van der Waals surface area contributed by atoms with E-state index in [1.54, 1.807) is 7.11 Å². The number of hydrogen-bond donors (Lipinski definition) is 3. The van der Waals surface area contributed by atoms with Crippen LogP contribution < -0.4 is 16.4 Å². The van der Waals surface area contributed by atoms with Crippen molar-refractivity contribution in [1.82, 2.24) is 10.6 Å². The van der Waals surface area contributed by atoms with E-state index in [9.17, 15) is 9.59 Å². The number of nitrogens with one attached hydrogen (secondary N) is 2. The number of ether oxygens (including phenoxy) is 1.